The van der Waals surface area contributed by atoms with Gasteiger partial charge in [0.1, 0.15) is 10.6 Å². The molecular weight excluding hydrogens is 457 g/mol. The lowest BCUT2D eigenvalue weighted by Gasteiger charge is -2.25. The van der Waals surface area contributed by atoms with Gasteiger partial charge in [0.05, 0.1) is 24.2 Å². The second-order valence-electron chi connectivity index (χ2n) is 8.15. The van der Waals surface area contributed by atoms with Crippen LogP contribution in [0.2, 0.25) is 0 Å². The van der Waals surface area contributed by atoms with Crippen molar-refractivity contribution in [3.63, 3.8) is 0 Å². The fourth-order valence-electron chi connectivity index (χ4n) is 4.29. The number of halogens is 1. The van der Waals surface area contributed by atoms with Crippen molar-refractivity contribution in [2.45, 2.75) is 26.4 Å². The van der Waals surface area contributed by atoms with Crippen molar-refractivity contribution in [1.29, 1.82) is 0 Å². The minimum Gasteiger partial charge on any atom is -0.337 e. The Morgan fingerprint density at radius 2 is 1.74 bits per heavy atom. The average Bonchev–Trinajstić information content (AvgIpc) is 3.22. The molecule has 0 saturated carbocycles. The summed E-state index contributed by atoms with van der Waals surface area (Å²) in [6, 6.07) is 13.7. The lowest BCUT2D eigenvalue weighted by molar-refractivity contribution is -0.129. The van der Waals surface area contributed by atoms with Gasteiger partial charge in [0.2, 0.25) is 5.91 Å². The van der Waals surface area contributed by atoms with E-state index < -0.39 is 17.1 Å². The smallest absolute Gasteiger partial charge is 0.337 e. The van der Waals surface area contributed by atoms with Crippen molar-refractivity contribution >= 4 is 33.2 Å². The molecule has 1 aliphatic rings. The molecule has 4 aromatic rings. The standard InChI is InChI=1S/C25H20FN3O4S/c1-15(30)27-12-11-19-21(14-27)34-24-22(19)23(32)29(18-9-7-17(26)8-10-18)25(33)28(24)13-20(31)16-5-3-2-4-6-16/h2-10H,11-14H2,1H3. The van der Waals surface area contributed by atoms with Crippen LogP contribution in [0.15, 0.2) is 64.2 Å². The zero-order chi connectivity index (χ0) is 24.0. The van der Waals surface area contributed by atoms with Gasteiger partial charge in [0.25, 0.3) is 5.56 Å². The summed E-state index contributed by atoms with van der Waals surface area (Å²) in [5.41, 5.74) is 0.282. The number of carbonyl (C=O) groups excluding carboxylic acids is 2. The molecular formula is C25H20FN3O4S. The van der Waals surface area contributed by atoms with E-state index in [1.165, 1.54) is 47.1 Å². The first-order chi connectivity index (χ1) is 16.3. The summed E-state index contributed by atoms with van der Waals surface area (Å²) in [6.07, 6.45) is 0.471. The minimum absolute atomic E-state index is 0.0662. The largest absolute Gasteiger partial charge is 0.337 e. The van der Waals surface area contributed by atoms with E-state index in [0.29, 0.717) is 35.3 Å². The second-order valence-corrected chi connectivity index (χ2v) is 9.23. The van der Waals surface area contributed by atoms with Gasteiger partial charge in [-0.15, -0.1) is 11.3 Å². The fourth-order valence-corrected chi connectivity index (χ4v) is 5.64. The number of amides is 1. The van der Waals surface area contributed by atoms with Gasteiger partial charge in [-0.3, -0.25) is 19.0 Å². The molecule has 0 bridgehead atoms. The van der Waals surface area contributed by atoms with Gasteiger partial charge in [-0.25, -0.2) is 13.8 Å². The molecule has 1 aliphatic heterocycles. The molecule has 0 aliphatic carbocycles. The van der Waals surface area contributed by atoms with E-state index in [1.807, 2.05) is 0 Å². The summed E-state index contributed by atoms with van der Waals surface area (Å²) in [5.74, 6) is -0.830. The second kappa shape index (κ2) is 8.49. The predicted molar refractivity (Wildman–Crippen MR) is 127 cm³/mol. The number of carbonyl (C=O) groups is 2. The highest BCUT2D eigenvalue weighted by atomic mass is 32.1. The van der Waals surface area contributed by atoms with Gasteiger partial charge in [-0.1, -0.05) is 30.3 Å². The van der Waals surface area contributed by atoms with Gasteiger partial charge in [0, 0.05) is 23.9 Å². The van der Waals surface area contributed by atoms with Crippen LogP contribution in [0.5, 0.6) is 0 Å². The van der Waals surface area contributed by atoms with Gasteiger partial charge < -0.3 is 4.90 Å². The third-order valence-electron chi connectivity index (χ3n) is 6.05. The molecule has 0 fully saturated rings. The number of rotatable bonds is 4. The van der Waals surface area contributed by atoms with E-state index in [2.05, 4.69) is 0 Å². The summed E-state index contributed by atoms with van der Waals surface area (Å²) < 4.78 is 15.8. The van der Waals surface area contributed by atoms with Crippen molar-refractivity contribution < 1.29 is 14.0 Å². The Labute approximate surface area is 197 Å². The fraction of sp³-hybridized carbons (Fsp3) is 0.200. The Bertz CT molecular complexity index is 1550. The number of hydrogen-bond acceptors (Lipinski definition) is 5. The van der Waals surface area contributed by atoms with E-state index in [9.17, 15) is 23.6 Å². The Morgan fingerprint density at radius 1 is 1.03 bits per heavy atom. The summed E-state index contributed by atoms with van der Waals surface area (Å²) in [6.45, 7) is 2.05. The summed E-state index contributed by atoms with van der Waals surface area (Å²) in [5, 5.41) is 0.369. The third kappa shape index (κ3) is 3.67. The molecule has 5 rings (SSSR count). The zero-order valence-electron chi connectivity index (χ0n) is 18.3. The molecule has 9 heteroatoms. The molecule has 172 valence electrons. The van der Waals surface area contributed by atoms with E-state index in [0.717, 1.165) is 15.0 Å². The lowest BCUT2D eigenvalue weighted by atomic mass is 10.1. The molecule has 2 aromatic heterocycles. The number of fused-ring (bicyclic) bond motifs is 3. The number of Topliss-reactive ketones (excluding diaryl/α,β-unsaturated/α-hetero) is 1. The maximum Gasteiger partial charge on any atom is 0.337 e. The van der Waals surface area contributed by atoms with Gasteiger partial charge in [-0.05, 0) is 36.2 Å². The maximum absolute atomic E-state index is 13.6. The summed E-state index contributed by atoms with van der Waals surface area (Å²) in [4.78, 5) is 55.0. The number of nitrogens with zero attached hydrogens (tertiary/aromatic N) is 3. The SMILES string of the molecule is CC(=O)N1CCc2c(sc3c2c(=O)n(-c2ccc(F)cc2)c(=O)n3CC(=O)c2ccccc2)C1. The first kappa shape index (κ1) is 22.0. The molecule has 0 saturated heterocycles. The average molecular weight is 478 g/mol. The first-order valence-electron chi connectivity index (χ1n) is 10.7. The van der Waals surface area contributed by atoms with E-state index in [1.54, 1.807) is 35.2 Å². The van der Waals surface area contributed by atoms with Crippen LogP contribution in [-0.2, 0) is 24.3 Å². The Hall–Kier alpha value is -3.85. The van der Waals surface area contributed by atoms with Crippen LogP contribution in [-0.4, -0.2) is 32.3 Å². The number of benzene rings is 2. The molecule has 0 unspecified atom stereocenters. The molecule has 1 amide bonds. The van der Waals surface area contributed by atoms with Gasteiger partial charge in [-0.2, -0.15) is 0 Å². The van der Waals surface area contributed by atoms with Gasteiger partial charge >= 0.3 is 5.69 Å². The number of hydrogen-bond donors (Lipinski definition) is 0. The van der Waals surface area contributed by atoms with Crippen molar-refractivity contribution in [3.05, 3.63) is 97.3 Å². The Morgan fingerprint density at radius 3 is 2.41 bits per heavy atom. The predicted octanol–water partition coefficient (Wildman–Crippen LogP) is 3.14. The summed E-state index contributed by atoms with van der Waals surface area (Å²) in [7, 11) is 0. The van der Waals surface area contributed by atoms with Crippen molar-refractivity contribution in [1.82, 2.24) is 14.0 Å². The van der Waals surface area contributed by atoms with Crippen molar-refractivity contribution in [3.8, 4) is 5.69 Å². The molecule has 34 heavy (non-hydrogen) atoms. The molecule has 0 atom stereocenters. The highest BCUT2D eigenvalue weighted by molar-refractivity contribution is 7.18. The van der Waals surface area contributed by atoms with Crippen LogP contribution in [0.4, 0.5) is 4.39 Å². The first-order valence-corrected chi connectivity index (χ1v) is 11.6. The number of thiophene rings is 1. The van der Waals surface area contributed by atoms with E-state index in [4.69, 9.17) is 0 Å². The quantitative estimate of drug-likeness (QED) is 0.423. The third-order valence-corrected chi connectivity index (χ3v) is 7.29. The Balaban J connectivity index is 1.76. The lowest BCUT2D eigenvalue weighted by Crippen LogP contribution is -2.40. The highest BCUT2D eigenvalue weighted by Gasteiger charge is 2.28. The molecule has 2 aromatic carbocycles. The molecule has 0 N–H and O–H groups in total. The molecule has 7 nitrogen and oxygen atoms in total. The van der Waals surface area contributed by atoms with Crippen molar-refractivity contribution in [2.24, 2.45) is 0 Å². The maximum atomic E-state index is 13.6. The minimum atomic E-state index is -0.671. The van der Waals surface area contributed by atoms with Crippen LogP contribution in [0, 0.1) is 5.82 Å². The highest BCUT2D eigenvalue weighted by Crippen LogP contribution is 2.33. The molecule has 0 radical (unpaired) electrons. The topological polar surface area (TPSA) is 81.4 Å². The molecule has 3 heterocycles. The zero-order valence-corrected chi connectivity index (χ0v) is 19.1. The van der Waals surface area contributed by atoms with Gasteiger partial charge in [0.15, 0.2) is 5.78 Å². The van der Waals surface area contributed by atoms with Crippen LogP contribution >= 0.6 is 11.3 Å². The summed E-state index contributed by atoms with van der Waals surface area (Å²) >= 11 is 1.26. The van der Waals surface area contributed by atoms with Crippen LogP contribution in [0.25, 0.3) is 15.9 Å². The number of ketones is 1. The monoisotopic (exact) mass is 477 g/mol. The Kier molecular flexibility index (Phi) is 5.49. The van der Waals surface area contributed by atoms with Crippen molar-refractivity contribution in [2.75, 3.05) is 6.54 Å². The molecule has 0 spiro atoms. The normalized spacial score (nSPS) is 13.2. The van der Waals surface area contributed by atoms with Crippen LogP contribution in [0.3, 0.4) is 0 Å². The van der Waals surface area contributed by atoms with E-state index in [-0.39, 0.29) is 23.9 Å². The van der Waals surface area contributed by atoms with Crippen LogP contribution < -0.4 is 11.2 Å². The van der Waals surface area contributed by atoms with Crippen LogP contribution in [0.1, 0.15) is 27.7 Å². The van der Waals surface area contributed by atoms with E-state index >= 15 is 0 Å². The number of aromatic nitrogens is 2.